The summed E-state index contributed by atoms with van der Waals surface area (Å²) in [5, 5.41) is 16.9. The van der Waals surface area contributed by atoms with Crippen LogP contribution in [0.15, 0.2) is 17.1 Å². The van der Waals surface area contributed by atoms with E-state index in [1.165, 1.54) is 83.5 Å². The standard InChI is InChI=1S/C30H52N5O5P/c1-2-3-4-5-6-7-8-9-10-11-12-13-14-15-20-37-21-22-38-41(36)39-23-26-18-19-30(24-31,40-26)28-17-16-27(35-28)29(33)34-25-32/h16-17,25-26,35-36H,2-15,18-23H2,1H3,(H3,32,33,34). The van der Waals surface area contributed by atoms with Gasteiger partial charge >= 0.3 is 8.60 Å². The third kappa shape index (κ3) is 14.2. The molecule has 0 aromatic carbocycles. The number of hydrogen-bond donors (Lipinski definition) is 4. The third-order valence-electron chi connectivity index (χ3n) is 7.41. The van der Waals surface area contributed by atoms with E-state index in [0.717, 1.165) is 12.8 Å². The van der Waals surface area contributed by atoms with Gasteiger partial charge in [0, 0.05) is 6.61 Å². The van der Waals surface area contributed by atoms with Crippen molar-refractivity contribution in [2.45, 2.75) is 121 Å². The van der Waals surface area contributed by atoms with Gasteiger partial charge in [-0.3, -0.25) is 5.41 Å². The molecule has 0 amide bonds. The van der Waals surface area contributed by atoms with Crippen molar-refractivity contribution in [3.05, 3.63) is 23.5 Å². The van der Waals surface area contributed by atoms with Gasteiger partial charge in [0.2, 0.25) is 0 Å². The highest BCUT2D eigenvalue weighted by Crippen LogP contribution is 2.40. The van der Waals surface area contributed by atoms with E-state index in [-0.39, 0.29) is 25.2 Å². The largest absolute Gasteiger partial charge is 0.382 e. The number of nitriles is 1. The molecular weight excluding hydrogens is 541 g/mol. The SMILES string of the molecule is CCCCCCCCCCCCCCCCOCCOP(O)OCC1CCC(C#N)(c2ccc(C(N)=NC=N)[nH]2)O1. The van der Waals surface area contributed by atoms with E-state index in [1.54, 1.807) is 12.1 Å². The second-order valence-electron chi connectivity index (χ2n) is 10.7. The van der Waals surface area contributed by atoms with Crippen molar-refractivity contribution in [1.29, 1.82) is 10.7 Å². The van der Waals surface area contributed by atoms with Crippen molar-refractivity contribution < 1.29 is 23.4 Å². The highest BCUT2D eigenvalue weighted by atomic mass is 31.2. The molecule has 2 heterocycles. The number of ether oxygens (including phenoxy) is 2. The van der Waals surface area contributed by atoms with Gasteiger partial charge in [-0.2, -0.15) is 5.26 Å². The van der Waals surface area contributed by atoms with Crippen molar-refractivity contribution in [3.63, 3.8) is 0 Å². The Bertz CT molecular complexity index is 908. The average molecular weight is 594 g/mol. The molecule has 3 unspecified atom stereocenters. The van der Waals surface area contributed by atoms with Crippen LogP contribution in [-0.4, -0.2) is 54.6 Å². The van der Waals surface area contributed by atoms with Gasteiger partial charge < -0.3 is 34.1 Å². The number of H-pyrrole nitrogens is 1. The van der Waals surface area contributed by atoms with E-state index in [0.29, 0.717) is 37.4 Å². The fourth-order valence-corrected chi connectivity index (χ4v) is 5.60. The molecule has 1 aliphatic rings. The van der Waals surface area contributed by atoms with Gasteiger partial charge in [-0.25, -0.2) is 4.99 Å². The fraction of sp³-hybridized carbons (Fsp3) is 0.767. The van der Waals surface area contributed by atoms with Crippen LogP contribution in [0, 0.1) is 16.7 Å². The first kappa shape index (κ1) is 35.3. The first-order valence-electron chi connectivity index (χ1n) is 15.5. The monoisotopic (exact) mass is 593 g/mol. The van der Waals surface area contributed by atoms with Crippen molar-refractivity contribution in [1.82, 2.24) is 4.98 Å². The summed E-state index contributed by atoms with van der Waals surface area (Å²) in [4.78, 5) is 16.9. The topological polar surface area (TPSA) is 159 Å². The summed E-state index contributed by atoms with van der Waals surface area (Å²) in [6.45, 7) is 3.77. The lowest BCUT2D eigenvalue weighted by Crippen LogP contribution is -2.27. The van der Waals surface area contributed by atoms with Gasteiger partial charge in [0.1, 0.15) is 18.2 Å². The van der Waals surface area contributed by atoms with Gasteiger partial charge in [-0.15, -0.1) is 0 Å². The maximum Gasteiger partial charge on any atom is 0.330 e. The Morgan fingerprint density at radius 3 is 2.32 bits per heavy atom. The minimum Gasteiger partial charge on any atom is -0.382 e. The van der Waals surface area contributed by atoms with Crippen molar-refractivity contribution >= 4 is 20.8 Å². The van der Waals surface area contributed by atoms with E-state index < -0.39 is 14.2 Å². The minimum absolute atomic E-state index is 0.122. The van der Waals surface area contributed by atoms with Crippen LogP contribution in [0.5, 0.6) is 0 Å². The number of nitrogens with one attached hydrogen (secondary N) is 2. The van der Waals surface area contributed by atoms with E-state index in [9.17, 15) is 10.2 Å². The molecule has 1 fully saturated rings. The zero-order valence-electron chi connectivity index (χ0n) is 25.0. The van der Waals surface area contributed by atoms with E-state index in [1.807, 2.05) is 0 Å². The zero-order chi connectivity index (χ0) is 29.6. The molecule has 0 saturated carbocycles. The number of unbranched alkanes of at least 4 members (excludes halogenated alkanes) is 13. The molecule has 0 bridgehead atoms. The highest BCUT2D eigenvalue weighted by molar-refractivity contribution is 7.40. The third-order valence-corrected chi connectivity index (χ3v) is 8.18. The molecule has 1 aromatic rings. The Morgan fingerprint density at radius 2 is 1.71 bits per heavy atom. The Balaban J connectivity index is 1.43. The van der Waals surface area contributed by atoms with Crippen LogP contribution < -0.4 is 5.73 Å². The number of rotatable bonds is 25. The van der Waals surface area contributed by atoms with Crippen LogP contribution in [-0.2, 0) is 24.1 Å². The Morgan fingerprint density at radius 1 is 1.07 bits per heavy atom. The molecule has 0 aliphatic carbocycles. The smallest absolute Gasteiger partial charge is 0.330 e. The predicted molar refractivity (Wildman–Crippen MR) is 164 cm³/mol. The molecule has 2 rings (SSSR count). The van der Waals surface area contributed by atoms with Crippen LogP contribution in [0.25, 0.3) is 0 Å². The van der Waals surface area contributed by atoms with Crippen LogP contribution in [0.4, 0.5) is 0 Å². The summed E-state index contributed by atoms with van der Waals surface area (Å²) in [5.41, 5.74) is 5.74. The van der Waals surface area contributed by atoms with Gasteiger partial charge in [0.25, 0.3) is 0 Å². The number of hydrogen-bond acceptors (Lipinski definition) is 7. The van der Waals surface area contributed by atoms with Crippen molar-refractivity contribution in [2.24, 2.45) is 10.7 Å². The molecule has 1 aliphatic heterocycles. The predicted octanol–water partition coefficient (Wildman–Crippen LogP) is 6.98. The van der Waals surface area contributed by atoms with E-state index >= 15 is 0 Å². The number of amidine groups is 1. The Kier molecular flexibility index (Phi) is 18.8. The molecule has 1 aromatic heterocycles. The summed E-state index contributed by atoms with van der Waals surface area (Å²) in [6.07, 6.45) is 20.2. The molecule has 3 atom stereocenters. The lowest BCUT2D eigenvalue weighted by molar-refractivity contribution is -0.0298. The summed E-state index contributed by atoms with van der Waals surface area (Å²) >= 11 is 0. The molecule has 0 spiro atoms. The fourth-order valence-electron chi connectivity index (χ4n) is 5.00. The molecule has 10 nitrogen and oxygen atoms in total. The summed E-state index contributed by atoms with van der Waals surface area (Å²) < 4.78 is 22.4. The summed E-state index contributed by atoms with van der Waals surface area (Å²) in [6, 6.07) is 5.68. The summed E-state index contributed by atoms with van der Waals surface area (Å²) in [7, 11) is -2.04. The van der Waals surface area contributed by atoms with Crippen LogP contribution in [0.3, 0.4) is 0 Å². The Hall–Kier alpha value is -1.86. The van der Waals surface area contributed by atoms with Crippen LogP contribution >= 0.6 is 8.60 Å². The molecule has 5 N–H and O–H groups in total. The van der Waals surface area contributed by atoms with Crippen LogP contribution in [0.1, 0.15) is 121 Å². The van der Waals surface area contributed by atoms with Crippen LogP contribution in [0.2, 0.25) is 0 Å². The molecule has 41 heavy (non-hydrogen) atoms. The second-order valence-corrected chi connectivity index (χ2v) is 11.7. The first-order valence-corrected chi connectivity index (χ1v) is 16.6. The number of aliphatic imine (C=N–C) groups is 1. The van der Waals surface area contributed by atoms with Crippen molar-refractivity contribution in [3.8, 4) is 6.07 Å². The number of nitrogens with zero attached hydrogens (tertiary/aromatic N) is 2. The lowest BCUT2D eigenvalue weighted by Gasteiger charge is -2.21. The lowest BCUT2D eigenvalue weighted by atomic mass is 9.98. The molecule has 1 saturated heterocycles. The number of nitrogens with two attached hydrogens (primary N) is 1. The maximum absolute atomic E-state index is 10.1. The molecule has 0 radical (unpaired) electrons. The molecule has 11 heteroatoms. The van der Waals surface area contributed by atoms with E-state index in [4.69, 9.17) is 29.7 Å². The van der Waals surface area contributed by atoms with Crippen molar-refractivity contribution in [2.75, 3.05) is 26.4 Å². The highest BCUT2D eigenvalue weighted by Gasteiger charge is 2.43. The zero-order valence-corrected chi connectivity index (χ0v) is 25.8. The van der Waals surface area contributed by atoms with Gasteiger partial charge in [0.05, 0.1) is 37.3 Å². The normalized spacial score (nSPS) is 19.8. The average Bonchev–Trinajstić information content (AvgIpc) is 3.64. The maximum atomic E-state index is 10.1. The minimum atomic E-state index is -2.04. The van der Waals surface area contributed by atoms with E-state index in [2.05, 4.69) is 23.0 Å². The quantitative estimate of drug-likeness (QED) is 0.0412. The Labute approximate surface area is 247 Å². The summed E-state index contributed by atoms with van der Waals surface area (Å²) in [5.74, 6) is 0.156. The molecular formula is C30H52N5O5P. The first-order chi connectivity index (χ1) is 20.0. The van der Waals surface area contributed by atoms with Gasteiger partial charge in [-0.1, -0.05) is 90.4 Å². The van der Waals surface area contributed by atoms with Gasteiger partial charge in [-0.05, 0) is 31.4 Å². The second kappa shape index (κ2) is 21.8. The number of aromatic amines is 1. The molecule has 232 valence electrons. The van der Waals surface area contributed by atoms with Gasteiger partial charge in [0.15, 0.2) is 5.60 Å². The number of aromatic nitrogens is 1.